The van der Waals surface area contributed by atoms with E-state index in [1.165, 1.54) is 16.7 Å². The summed E-state index contributed by atoms with van der Waals surface area (Å²) in [5.41, 5.74) is 2.08. The summed E-state index contributed by atoms with van der Waals surface area (Å²) in [5.74, 6) is -0.629. The van der Waals surface area contributed by atoms with Crippen molar-refractivity contribution in [1.82, 2.24) is 9.55 Å². The molecule has 0 N–H and O–H groups in total. The second kappa shape index (κ2) is 9.77. The van der Waals surface area contributed by atoms with Crippen LogP contribution in [0.5, 0.6) is 0 Å². The maximum absolute atomic E-state index is 15.0. The van der Waals surface area contributed by atoms with Gasteiger partial charge in [-0.2, -0.15) is 0 Å². The monoisotopic (exact) mass is 479 g/mol. The number of hydrogen-bond donors (Lipinski definition) is 0. The van der Waals surface area contributed by atoms with Gasteiger partial charge in [-0.3, -0.25) is 9.36 Å². The average Bonchev–Trinajstić information content (AvgIpc) is 2.82. The fraction of sp³-hybridized carbons (Fsp3) is 0.185. The Labute approximate surface area is 201 Å². The van der Waals surface area contributed by atoms with Gasteiger partial charge in [0.1, 0.15) is 17.5 Å². The van der Waals surface area contributed by atoms with Gasteiger partial charge in [0.15, 0.2) is 0 Å². The Kier molecular flexibility index (Phi) is 6.80. The Hall–Kier alpha value is -3.51. The summed E-state index contributed by atoms with van der Waals surface area (Å²) in [7, 11) is 0. The lowest BCUT2D eigenvalue weighted by Gasteiger charge is -2.22. The first kappa shape index (κ1) is 23.6. The molecule has 0 amide bonds. The van der Waals surface area contributed by atoms with E-state index in [-0.39, 0.29) is 17.0 Å². The van der Waals surface area contributed by atoms with E-state index in [0.717, 1.165) is 24.8 Å². The fourth-order valence-electron chi connectivity index (χ4n) is 3.99. The van der Waals surface area contributed by atoms with Gasteiger partial charge in [0.25, 0.3) is 5.56 Å². The normalized spacial score (nSPS) is 11.5. The van der Waals surface area contributed by atoms with E-state index >= 15 is 0 Å². The van der Waals surface area contributed by atoms with E-state index in [1.807, 2.05) is 19.9 Å². The molecular formula is C27H24ClF2N3O. The molecule has 1 heterocycles. The first-order valence-electron chi connectivity index (χ1n) is 11.0. The highest BCUT2D eigenvalue weighted by Crippen LogP contribution is 2.26. The molecule has 174 valence electrons. The lowest BCUT2D eigenvalue weighted by molar-refractivity contribution is 0.615. The molecule has 0 saturated heterocycles. The summed E-state index contributed by atoms with van der Waals surface area (Å²) in [4.78, 5) is 20.1. The molecule has 0 aliphatic carbocycles. The Balaban J connectivity index is 1.94. The van der Waals surface area contributed by atoms with Crippen LogP contribution in [0.4, 0.5) is 14.5 Å². The SMILES string of the molecule is CCN(CC)c1cc(C)c(F)c(C=Cc2nc3ccc(F)cc3c(=O)n2-c2ccccc2Cl)c1. The third-order valence-corrected chi connectivity index (χ3v) is 6.08. The Bertz CT molecular complexity index is 1460. The van der Waals surface area contributed by atoms with E-state index in [9.17, 15) is 13.6 Å². The van der Waals surface area contributed by atoms with Gasteiger partial charge >= 0.3 is 0 Å². The van der Waals surface area contributed by atoms with Crippen molar-refractivity contribution in [1.29, 1.82) is 0 Å². The van der Waals surface area contributed by atoms with Crippen LogP contribution in [0.3, 0.4) is 0 Å². The Morgan fingerprint density at radius 1 is 1.03 bits per heavy atom. The number of anilines is 1. The zero-order valence-electron chi connectivity index (χ0n) is 19.1. The second-order valence-electron chi connectivity index (χ2n) is 7.89. The molecule has 34 heavy (non-hydrogen) atoms. The molecule has 0 unspecified atom stereocenters. The van der Waals surface area contributed by atoms with Gasteiger partial charge in [-0.25, -0.2) is 13.8 Å². The van der Waals surface area contributed by atoms with Crippen LogP contribution in [0.2, 0.25) is 5.02 Å². The van der Waals surface area contributed by atoms with E-state index in [1.54, 1.807) is 49.4 Å². The van der Waals surface area contributed by atoms with Crippen LogP contribution < -0.4 is 10.5 Å². The summed E-state index contributed by atoms with van der Waals surface area (Å²) in [6, 6.07) is 14.3. The fourth-order valence-corrected chi connectivity index (χ4v) is 4.21. The molecular weight excluding hydrogens is 456 g/mol. The van der Waals surface area contributed by atoms with Crippen LogP contribution in [0.25, 0.3) is 28.7 Å². The predicted molar refractivity (Wildman–Crippen MR) is 136 cm³/mol. The van der Waals surface area contributed by atoms with Gasteiger partial charge < -0.3 is 4.90 Å². The van der Waals surface area contributed by atoms with E-state index < -0.39 is 11.4 Å². The van der Waals surface area contributed by atoms with E-state index in [4.69, 9.17) is 11.6 Å². The smallest absolute Gasteiger partial charge is 0.266 e. The minimum atomic E-state index is -0.536. The van der Waals surface area contributed by atoms with Gasteiger partial charge in [0.2, 0.25) is 0 Å². The number of fused-ring (bicyclic) bond motifs is 1. The maximum Gasteiger partial charge on any atom is 0.266 e. The zero-order valence-corrected chi connectivity index (χ0v) is 19.9. The largest absolute Gasteiger partial charge is 0.372 e. The van der Waals surface area contributed by atoms with Crippen molar-refractivity contribution in [2.24, 2.45) is 0 Å². The van der Waals surface area contributed by atoms with E-state index in [0.29, 0.717) is 27.4 Å². The van der Waals surface area contributed by atoms with Crippen LogP contribution in [-0.4, -0.2) is 22.6 Å². The van der Waals surface area contributed by atoms with Crippen molar-refractivity contribution < 1.29 is 8.78 Å². The number of aryl methyl sites for hydroxylation is 1. The third kappa shape index (κ3) is 4.46. The lowest BCUT2D eigenvalue weighted by atomic mass is 10.1. The first-order valence-corrected chi connectivity index (χ1v) is 11.4. The molecule has 0 saturated carbocycles. The molecule has 4 nitrogen and oxygen atoms in total. The number of benzene rings is 3. The quantitative estimate of drug-likeness (QED) is 0.311. The number of rotatable bonds is 6. The minimum Gasteiger partial charge on any atom is -0.372 e. The highest BCUT2D eigenvalue weighted by molar-refractivity contribution is 6.32. The Morgan fingerprint density at radius 3 is 2.47 bits per heavy atom. The van der Waals surface area contributed by atoms with Crippen LogP contribution in [0.1, 0.15) is 30.8 Å². The second-order valence-corrected chi connectivity index (χ2v) is 8.30. The molecule has 7 heteroatoms. The molecule has 0 spiro atoms. The van der Waals surface area contributed by atoms with Crippen LogP contribution in [0, 0.1) is 18.6 Å². The zero-order chi connectivity index (χ0) is 24.4. The summed E-state index contributed by atoms with van der Waals surface area (Å²) in [6.07, 6.45) is 3.18. The highest BCUT2D eigenvalue weighted by atomic mass is 35.5. The van der Waals surface area contributed by atoms with Crippen molar-refractivity contribution >= 4 is 40.3 Å². The van der Waals surface area contributed by atoms with Gasteiger partial charge in [-0.1, -0.05) is 23.7 Å². The minimum absolute atomic E-state index is 0.127. The number of halogens is 3. The average molecular weight is 480 g/mol. The molecule has 0 radical (unpaired) electrons. The first-order chi connectivity index (χ1) is 16.3. The number of hydrogen-bond acceptors (Lipinski definition) is 3. The predicted octanol–water partition coefficient (Wildman–Crippen LogP) is 6.64. The van der Waals surface area contributed by atoms with Gasteiger partial charge in [0.05, 0.1) is 21.6 Å². The molecule has 4 rings (SSSR count). The molecule has 0 bridgehead atoms. The summed E-state index contributed by atoms with van der Waals surface area (Å²) >= 11 is 6.38. The molecule has 1 aromatic heterocycles. The summed E-state index contributed by atoms with van der Waals surface area (Å²) in [6.45, 7) is 7.39. The molecule has 0 aliphatic rings. The number of para-hydroxylation sites is 1. The molecule has 0 aliphatic heterocycles. The lowest BCUT2D eigenvalue weighted by Crippen LogP contribution is -2.23. The van der Waals surface area contributed by atoms with Crippen LogP contribution in [-0.2, 0) is 0 Å². The van der Waals surface area contributed by atoms with Crippen molar-refractivity contribution in [3.63, 3.8) is 0 Å². The van der Waals surface area contributed by atoms with Crippen LogP contribution in [0.15, 0.2) is 59.4 Å². The number of aromatic nitrogens is 2. The van der Waals surface area contributed by atoms with Gasteiger partial charge in [-0.15, -0.1) is 0 Å². The summed E-state index contributed by atoms with van der Waals surface area (Å²) in [5, 5.41) is 0.463. The highest BCUT2D eigenvalue weighted by Gasteiger charge is 2.15. The van der Waals surface area contributed by atoms with Crippen molar-refractivity contribution in [2.75, 3.05) is 18.0 Å². The van der Waals surface area contributed by atoms with Gasteiger partial charge in [-0.05, 0) is 81.0 Å². The Morgan fingerprint density at radius 2 is 1.76 bits per heavy atom. The van der Waals surface area contributed by atoms with Crippen molar-refractivity contribution in [3.05, 3.63) is 98.6 Å². The third-order valence-electron chi connectivity index (χ3n) is 5.76. The number of nitrogens with zero attached hydrogens (tertiary/aromatic N) is 3. The molecule has 3 aromatic carbocycles. The van der Waals surface area contributed by atoms with Crippen molar-refractivity contribution in [3.8, 4) is 5.69 Å². The van der Waals surface area contributed by atoms with Gasteiger partial charge in [0, 0.05) is 24.3 Å². The molecule has 4 aromatic rings. The molecule has 0 atom stereocenters. The standard InChI is InChI=1S/C27H24ClF2N3O/c1-4-32(5-2)20-14-17(3)26(30)18(15-20)10-13-25-31-23-12-11-19(29)16-21(23)27(34)33(25)24-9-7-6-8-22(24)28/h6-16H,4-5H2,1-3H3. The van der Waals surface area contributed by atoms with E-state index in [2.05, 4.69) is 9.88 Å². The van der Waals surface area contributed by atoms with Crippen LogP contribution >= 0.6 is 11.6 Å². The maximum atomic E-state index is 15.0. The van der Waals surface area contributed by atoms with Crippen molar-refractivity contribution in [2.45, 2.75) is 20.8 Å². The molecule has 0 fully saturated rings. The summed E-state index contributed by atoms with van der Waals surface area (Å²) < 4.78 is 30.2. The topological polar surface area (TPSA) is 38.1 Å².